The first-order chi connectivity index (χ1) is 15.1. The molecule has 1 amide bonds. The molecule has 1 N–H and O–H groups in total. The second-order valence-electron chi connectivity index (χ2n) is 7.48. The van der Waals surface area contributed by atoms with Crippen LogP contribution in [-0.2, 0) is 6.42 Å². The molecule has 0 unspecified atom stereocenters. The second kappa shape index (κ2) is 9.39. The number of hydrogen-bond donors (Lipinski definition) is 1. The van der Waals surface area contributed by atoms with Crippen molar-refractivity contribution in [3.05, 3.63) is 102 Å². The molecular weight excluding hydrogens is 391 g/mol. The molecule has 3 aromatic carbocycles. The fourth-order valence-corrected chi connectivity index (χ4v) is 3.42. The number of carbonyl (C=O) groups excluding carboxylic acids is 1. The van der Waals surface area contributed by atoms with E-state index in [1.807, 2.05) is 43.3 Å². The molecule has 5 heteroatoms. The molecule has 156 valence electrons. The summed E-state index contributed by atoms with van der Waals surface area (Å²) in [4.78, 5) is 17.3. The minimum Gasteiger partial charge on any atom is -0.436 e. The van der Waals surface area contributed by atoms with Crippen molar-refractivity contribution in [2.24, 2.45) is 0 Å². The second-order valence-corrected chi connectivity index (χ2v) is 7.48. The maximum Gasteiger partial charge on any atom is 0.252 e. The first kappa shape index (κ1) is 20.5. The van der Waals surface area contributed by atoms with Gasteiger partial charge in [-0.15, -0.1) is 0 Å². The molecule has 4 rings (SSSR count). The number of hydrogen-bond acceptors (Lipinski definition) is 3. The first-order valence-corrected chi connectivity index (χ1v) is 10.3. The van der Waals surface area contributed by atoms with Crippen LogP contribution in [0.1, 0.15) is 29.3 Å². The number of carbonyl (C=O) groups is 1. The van der Waals surface area contributed by atoms with Gasteiger partial charge in [0.1, 0.15) is 5.82 Å². The number of amides is 1. The summed E-state index contributed by atoms with van der Waals surface area (Å²) in [6, 6.07) is 23.5. The van der Waals surface area contributed by atoms with E-state index in [4.69, 9.17) is 4.42 Å². The van der Waals surface area contributed by atoms with E-state index in [0.717, 1.165) is 18.4 Å². The van der Waals surface area contributed by atoms with E-state index in [0.29, 0.717) is 22.8 Å². The molecule has 0 bridgehead atoms. The van der Waals surface area contributed by atoms with Crippen molar-refractivity contribution in [2.75, 3.05) is 0 Å². The molecule has 1 aromatic heterocycles. The topological polar surface area (TPSA) is 55.1 Å². The third-order valence-corrected chi connectivity index (χ3v) is 5.12. The molecule has 0 saturated heterocycles. The van der Waals surface area contributed by atoms with Gasteiger partial charge < -0.3 is 9.73 Å². The molecule has 0 aliphatic heterocycles. The summed E-state index contributed by atoms with van der Waals surface area (Å²) >= 11 is 0. The summed E-state index contributed by atoms with van der Waals surface area (Å²) in [5.74, 6) is 0.382. The maximum absolute atomic E-state index is 13.2. The molecule has 0 fully saturated rings. The molecule has 4 nitrogen and oxygen atoms in total. The van der Waals surface area contributed by atoms with Crippen molar-refractivity contribution >= 4 is 5.91 Å². The van der Waals surface area contributed by atoms with Crippen molar-refractivity contribution in [3.8, 4) is 22.8 Å². The summed E-state index contributed by atoms with van der Waals surface area (Å²) in [6.07, 6.45) is 3.32. The third kappa shape index (κ3) is 5.07. The molecule has 0 spiro atoms. The van der Waals surface area contributed by atoms with Crippen LogP contribution in [-0.4, -0.2) is 16.9 Å². The number of oxazole rings is 1. The van der Waals surface area contributed by atoms with E-state index in [1.54, 1.807) is 24.4 Å². The van der Waals surface area contributed by atoms with E-state index >= 15 is 0 Å². The quantitative estimate of drug-likeness (QED) is 0.410. The van der Waals surface area contributed by atoms with Gasteiger partial charge in [0, 0.05) is 17.2 Å². The third-order valence-electron chi connectivity index (χ3n) is 5.12. The van der Waals surface area contributed by atoms with Gasteiger partial charge in [-0.3, -0.25) is 4.79 Å². The van der Waals surface area contributed by atoms with Crippen LogP contribution in [0.2, 0.25) is 0 Å². The van der Waals surface area contributed by atoms with Gasteiger partial charge in [0.05, 0.1) is 11.8 Å². The monoisotopic (exact) mass is 414 g/mol. The summed E-state index contributed by atoms with van der Waals surface area (Å²) in [5, 5.41) is 3.07. The average molecular weight is 414 g/mol. The van der Waals surface area contributed by atoms with E-state index < -0.39 is 0 Å². The van der Waals surface area contributed by atoms with Crippen LogP contribution in [0.5, 0.6) is 0 Å². The Morgan fingerprint density at radius 2 is 1.71 bits per heavy atom. The zero-order valence-corrected chi connectivity index (χ0v) is 17.2. The Balaban J connectivity index is 1.48. The molecule has 4 aromatic rings. The zero-order valence-electron chi connectivity index (χ0n) is 17.2. The lowest BCUT2D eigenvalue weighted by atomic mass is 10.0. The van der Waals surface area contributed by atoms with Crippen LogP contribution in [0.15, 0.2) is 89.5 Å². The van der Waals surface area contributed by atoms with E-state index in [-0.39, 0.29) is 17.8 Å². The molecule has 0 saturated carbocycles. The van der Waals surface area contributed by atoms with Gasteiger partial charge in [-0.25, -0.2) is 9.37 Å². The molecule has 0 aliphatic carbocycles. The number of halogens is 1. The lowest BCUT2D eigenvalue weighted by Gasteiger charge is -2.15. The highest BCUT2D eigenvalue weighted by atomic mass is 19.1. The number of aryl methyl sites for hydroxylation is 1. The molecule has 0 aliphatic rings. The van der Waals surface area contributed by atoms with E-state index in [2.05, 4.69) is 22.4 Å². The normalized spacial score (nSPS) is 11.8. The highest BCUT2D eigenvalue weighted by Crippen LogP contribution is 2.28. The molecule has 1 heterocycles. The standard InChI is InChI=1S/C26H23FN2O2/c1-18(11-12-19-7-3-2-4-8-19)29-25(30)22-9-5-6-10-23(22)26-28-17-24(31-26)20-13-15-21(27)16-14-20/h2-10,13-18H,11-12H2,1H3,(H,29,30)/t18-/m0/s1. The van der Waals surface area contributed by atoms with Crippen molar-refractivity contribution < 1.29 is 13.6 Å². The largest absolute Gasteiger partial charge is 0.436 e. The predicted octanol–water partition coefficient (Wildman–Crippen LogP) is 5.90. The number of rotatable bonds is 7. The maximum atomic E-state index is 13.2. The van der Waals surface area contributed by atoms with Crippen LogP contribution in [0, 0.1) is 5.82 Å². The van der Waals surface area contributed by atoms with Crippen LogP contribution in [0.25, 0.3) is 22.8 Å². The Morgan fingerprint density at radius 3 is 2.48 bits per heavy atom. The van der Waals surface area contributed by atoms with Gasteiger partial charge in [-0.1, -0.05) is 42.5 Å². The van der Waals surface area contributed by atoms with Crippen LogP contribution in [0.3, 0.4) is 0 Å². The highest BCUT2D eigenvalue weighted by molar-refractivity contribution is 6.00. The average Bonchev–Trinajstić information content (AvgIpc) is 3.29. The van der Waals surface area contributed by atoms with Crippen LogP contribution < -0.4 is 5.32 Å². The predicted molar refractivity (Wildman–Crippen MR) is 119 cm³/mol. The summed E-state index contributed by atoms with van der Waals surface area (Å²) in [6.45, 7) is 2.00. The van der Waals surface area contributed by atoms with Gasteiger partial charge in [-0.05, 0) is 61.7 Å². The minimum atomic E-state index is -0.313. The Hall–Kier alpha value is -3.73. The first-order valence-electron chi connectivity index (χ1n) is 10.3. The van der Waals surface area contributed by atoms with Crippen molar-refractivity contribution in [3.63, 3.8) is 0 Å². The Kier molecular flexibility index (Phi) is 6.22. The SMILES string of the molecule is C[C@@H](CCc1ccccc1)NC(=O)c1ccccc1-c1ncc(-c2ccc(F)cc2)o1. The van der Waals surface area contributed by atoms with Crippen molar-refractivity contribution in [1.82, 2.24) is 10.3 Å². The van der Waals surface area contributed by atoms with E-state index in [1.165, 1.54) is 17.7 Å². The lowest BCUT2D eigenvalue weighted by molar-refractivity contribution is 0.0939. The fourth-order valence-electron chi connectivity index (χ4n) is 3.42. The van der Waals surface area contributed by atoms with Gasteiger partial charge in [-0.2, -0.15) is 0 Å². The molecular formula is C26H23FN2O2. The van der Waals surface area contributed by atoms with Crippen LogP contribution >= 0.6 is 0 Å². The van der Waals surface area contributed by atoms with Crippen molar-refractivity contribution in [2.45, 2.75) is 25.8 Å². The molecule has 31 heavy (non-hydrogen) atoms. The summed E-state index contributed by atoms with van der Waals surface area (Å²) in [7, 11) is 0. The molecule has 0 radical (unpaired) electrons. The van der Waals surface area contributed by atoms with E-state index in [9.17, 15) is 9.18 Å². The minimum absolute atomic E-state index is 0.0140. The van der Waals surface area contributed by atoms with Gasteiger partial charge in [0.25, 0.3) is 5.91 Å². The fraction of sp³-hybridized carbons (Fsp3) is 0.154. The Morgan fingerprint density at radius 1 is 1.00 bits per heavy atom. The lowest BCUT2D eigenvalue weighted by Crippen LogP contribution is -2.33. The number of nitrogens with one attached hydrogen (secondary N) is 1. The van der Waals surface area contributed by atoms with Gasteiger partial charge in [0.15, 0.2) is 5.76 Å². The van der Waals surface area contributed by atoms with Crippen molar-refractivity contribution in [1.29, 1.82) is 0 Å². The Bertz CT molecular complexity index is 1150. The summed E-state index contributed by atoms with van der Waals surface area (Å²) < 4.78 is 19.1. The zero-order chi connectivity index (χ0) is 21.6. The molecule has 1 atom stereocenters. The van der Waals surface area contributed by atoms with Gasteiger partial charge >= 0.3 is 0 Å². The number of benzene rings is 3. The van der Waals surface area contributed by atoms with Crippen LogP contribution in [0.4, 0.5) is 4.39 Å². The highest BCUT2D eigenvalue weighted by Gasteiger charge is 2.18. The smallest absolute Gasteiger partial charge is 0.252 e. The number of aromatic nitrogens is 1. The van der Waals surface area contributed by atoms with Gasteiger partial charge in [0.2, 0.25) is 5.89 Å². The summed E-state index contributed by atoms with van der Waals surface area (Å²) in [5.41, 5.74) is 3.08. The Labute approximate surface area is 180 Å². The number of nitrogens with zero attached hydrogens (tertiary/aromatic N) is 1.